The van der Waals surface area contributed by atoms with Gasteiger partial charge < -0.3 is 4.90 Å². The van der Waals surface area contributed by atoms with Gasteiger partial charge >= 0.3 is 0 Å². The number of hydrogen-bond donors (Lipinski definition) is 1. The highest BCUT2D eigenvalue weighted by Gasteiger charge is 2.36. The molecule has 0 aromatic heterocycles. The average molecular weight is 322 g/mol. The summed E-state index contributed by atoms with van der Waals surface area (Å²) >= 11 is 0. The summed E-state index contributed by atoms with van der Waals surface area (Å²) in [5.41, 5.74) is 1.28. The summed E-state index contributed by atoms with van der Waals surface area (Å²) in [6.45, 7) is 6.09. The fourth-order valence-corrected chi connectivity index (χ4v) is 4.26. The maximum Gasteiger partial charge on any atom is 0.241 e. The van der Waals surface area contributed by atoms with E-state index in [1.54, 1.807) is 23.1 Å². The van der Waals surface area contributed by atoms with E-state index in [1.165, 1.54) is 0 Å². The van der Waals surface area contributed by atoms with Crippen LogP contribution in [-0.2, 0) is 21.2 Å². The quantitative estimate of drug-likeness (QED) is 0.926. The molecule has 0 bridgehead atoms. The Hall–Kier alpha value is -1.40. The minimum atomic E-state index is -3.53. The Morgan fingerprint density at radius 3 is 2.55 bits per heavy atom. The van der Waals surface area contributed by atoms with Crippen molar-refractivity contribution in [3.63, 3.8) is 0 Å². The van der Waals surface area contributed by atoms with Crippen molar-refractivity contribution in [1.29, 1.82) is 0 Å². The van der Waals surface area contributed by atoms with Crippen molar-refractivity contribution in [2.24, 2.45) is 5.92 Å². The number of benzene rings is 1. The fourth-order valence-electron chi connectivity index (χ4n) is 2.79. The van der Waals surface area contributed by atoms with Gasteiger partial charge in [-0.15, -0.1) is 0 Å². The summed E-state index contributed by atoms with van der Waals surface area (Å²) in [7, 11) is -3.53. The molecule has 0 unspecified atom stereocenters. The summed E-state index contributed by atoms with van der Waals surface area (Å²) in [4.78, 5) is 14.3. The Morgan fingerprint density at radius 1 is 1.27 bits per heavy atom. The first-order valence-corrected chi connectivity index (χ1v) is 9.14. The molecule has 1 saturated carbocycles. The van der Waals surface area contributed by atoms with E-state index in [9.17, 15) is 13.2 Å². The van der Waals surface area contributed by atoms with Crippen LogP contribution in [0.2, 0.25) is 0 Å². The van der Waals surface area contributed by atoms with Gasteiger partial charge in [-0.05, 0) is 63.8 Å². The number of amides is 1. The standard InChI is InChI=1S/C16H22N2O3S/c1-16(2,3)17-22(20,21)13-6-7-14-12(10-13)8-9-18(14)15(19)11-4-5-11/h6-7,10-11,17H,4-5,8-9H2,1-3H3. The van der Waals surface area contributed by atoms with Crippen molar-refractivity contribution < 1.29 is 13.2 Å². The van der Waals surface area contributed by atoms with Crippen LogP contribution in [0.3, 0.4) is 0 Å². The molecule has 0 atom stereocenters. The summed E-state index contributed by atoms with van der Waals surface area (Å²) in [5.74, 6) is 0.360. The lowest BCUT2D eigenvalue weighted by Gasteiger charge is -2.21. The molecule has 1 N–H and O–H groups in total. The first-order valence-electron chi connectivity index (χ1n) is 7.66. The lowest BCUT2D eigenvalue weighted by atomic mass is 10.1. The first-order chi connectivity index (χ1) is 10.2. The van der Waals surface area contributed by atoms with Gasteiger partial charge in [-0.25, -0.2) is 13.1 Å². The number of sulfonamides is 1. The molecule has 1 fully saturated rings. The molecule has 22 heavy (non-hydrogen) atoms. The van der Waals surface area contributed by atoms with Crippen LogP contribution in [0.15, 0.2) is 23.1 Å². The van der Waals surface area contributed by atoms with Crippen molar-refractivity contribution >= 4 is 21.6 Å². The van der Waals surface area contributed by atoms with Gasteiger partial charge in [-0.2, -0.15) is 0 Å². The zero-order valence-corrected chi connectivity index (χ0v) is 14.0. The third-order valence-corrected chi connectivity index (χ3v) is 5.65. The van der Waals surface area contributed by atoms with Gasteiger partial charge in [0.25, 0.3) is 0 Å². The predicted octanol–water partition coefficient (Wildman–Crippen LogP) is 2.06. The zero-order valence-electron chi connectivity index (χ0n) is 13.2. The van der Waals surface area contributed by atoms with Crippen LogP contribution in [-0.4, -0.2) is 26.4 Å². The largest absolute Gasteiger partial charge is 0.312 e. The van der Waals surface area contributed by atoms with Crippen LogP contribution in [0.1, 0.15) is 39.2 Å². The number of anilines is 1. The van der Waals surface area contributed by atoms with Gasteiger partial charge in [0, 0.05) is 23.7 Å². The molecule has 1 amide bonds. The number of rotatable bonds is 3. The van der Waals surface area contributed by atoms with Crippen LogP contribution in [0.25, 0.3) is 0 Å². The Balaban J connectivity index is 1.88. The van der Waals surface area contributed by atoms with Gasteiger partial charge in [-0.3, -0.25) is 4.79 Å². The number of fused-ring (bicyclic) bond motifs is 1. The van der Waals surface area contributed by atoms with Gasteiger partial charge in [0.05, 0.1) is 4.90 Å². The second kappa shape index (κ2) is 5.06. The maximum atomic E-state index is 12.4. The highest BCUT2D eigenvalue weighted by molar-refractivity contribution is 7.89. The van der Waals surface area contributed by atoms with E-state index in [0.29, 0.717) is 13.0 Å². The normalized spacial score (nSPS) is 18.4. The summed E-state index contributed by atoms with van der Waals surface area (Å²) in [6.07, 6.45) is 2.67. The van der Waals surface area contributed by atoms with Gasteiger partial charge in [0.1, 0.15) is 0 Å². The third-order valence-electron chi connectivity index (χ3n) is 3.89. The number of carbonyl (C=O) groups excluding carboxylic acids is 1. The molecular formula is C16H22N2O3S. The molecule has 0 radical (unpaired) electrons. The van der Waals surface area contributed by atoms with E-state index in [-0.39, 0.29) is 16.7 Å². The van der Waals surface area contributed by atoms with Crippen LogP contribution >= 0.6 is 0 Å². The van der Waals surface area contributed by atoms with Crippen LogP contribution in [0.4, 0.5) is 5.69 Å². The Bertz CT molecular complexity index is 715. The van der Waals surface area contributed by atoms with Crippen molar-refractivity contribution in [2.75, 3.05) is 11.4 Å². The number of carbonyl (C=O) groups is 1. The van der Waals surface area contributed by atoms with Gasteiger partial charge in [0.2, 0.25) is 15.9 Å². The summed E-state index contributed by atoms with van der Waals surface area (Å²) in [6, 6.07) is 5.05. The first kappa shape index (κ1) is 15.5. The number of nitrogens with one attached hydrogen (secondary N) is 1. The van der Waals surface area contributed by atoms with E-state index in [1.807, 2.05) is 20.8 Å². The van der Waals surface area contributed by atoms with E-state index < -0.39 is 15.6 Å². The van der Waals surface area contributed by atoms with Crippen molar-refractivity contribution in [1.82, 2.24) is 4.72 Å². The molecule has 1 aromatic carbocycles. The monoisotopic (exact) mass is 322 g/mol. The lowest BCUT2D eigenvalue weighted by Crippen LogP contribution is -2.40. The van der Waals surface area contributed by atoms with Crippen LogP contribution in [0.5, 0.6) is 0 Å². The molecule has 5 nitrogen and oxygen atoms in total. The molecule has 1 aliphatic heterocycles. The fraction of sp³-hybridized carbons (Fsp3) is 0.562. The van der Waals surface area contributed by atoms with Crippen LogP contribution < -0.4 is 9.62 Å². The maximum absolute atomic E-state index is 12.4. The molecular weight excluding hydrogens is 300 g/mol. The number of hydrogen-bond acceptors (Lipinski definition) is 3. The van der Waals surface area contributed by atoms with Crippen molar-refractivity contribution in [2.45, 2.75) is 50.5 Å². The highest BCUT2D eigenvalue weighted by Crippen LogP contribution is 2.37. The molecule has 0 spiro atoms. The molecule has 3 rings (SSSR count). The topological polar surface area (TPSA) is 66.5 Å². The van der Waals surface area contributed by atoms with Crippen LogP contribution in [0, 0.1) is 5.92 Å². The summed E-state index contributed by atoms with van der Waals surface area (Å²) < 4.78 is 27.4. The molecule has 6 heteroatoms. The second-order valence-electron chi connectivity index (χ2n) is 7.16. The van der Waals surface area contributed by atoms with E-state index >= 15 is 0 Å². The SMILES string of the molecule is CC(C)(C)NS(=O)(=O)c1ccc2c(c1)CCN2C(=O)C1CC1. The molecule has 1 aromatic rings. The van der Waals surface area contributed by atoms with E-state index in [4.69, 9.17) is 0 Å². The lowest BCUT2D eigenvalue weighted by molar-refractivity contribution is -0.119. The molecule has 0 saturated heterocycles. The minimum Gasteiger partial charge on any atom is -0.312 e. The Morgan fingerprint density at radius 2 is 1.95 bits per heavy atom. The van der Waals surface area contributed by atoms with E-state index in [2.05, 4.69) is 4.72 Å². The Kier molecular flexibility index (Phi) is 3.57. The third kappa shape index (κ3) is 3.03. The molecule has 1 heterocycles. The van der Waals surface area contributed by atoms with Crippen molar-refractivity contribution in [3.8, 4) is 0 Å². The van der Waals surface area contributed by atoms with Gasteiger partial charge in [-0.1, -0.05) is 0 Å². The Labute approximate surface area is 131 Å². The summed E-state index contributed by atoms with van der Waals surface area (Å²) in [5, 5.41) is 0. The average Bonchev–Trinajstić information content (AvgIpc) is 3.14. The van der Waals surface area contributed by atoms with Gasteiger partial charge in [0.15, 0.2) is 0 Å². The molecule has 2 aliphatic rings. The smallest absolute Gasteiger partial charge is 0.241 e. The predicted molar refractivity (Wildman–Crippen MR) is 85.3 cm³/mol. The zero-order chi connectivity index (χ0) is 16.1. The minimum absolute atomic E-state index is 0.178. The van der Waals surface area contributed by atoms with Crippen molar-refractivity contribution in [3.05, 3.63) is 23.8 Å². The molecule has 1 aliphatic carbocycles. The highest BCUT2D eigenvalue weighted by atomic mass is 32.2. The molecule has 120 valence electrons. The number of nitrogens with zero attached hydrogens (tertiary/aromatic N) is 1. The second-order valence-corrected chi connectivity index (χ2v) is 8.84. The van der Waals surface area contributed by atoms with E-state index in [0.717, 1.165) is 24.1 Å².